The van der Waals surface area contributed by atoms with Gasteiger partial charge in [-0.15, -0.1) is 0 Å². The number of fused-ring (bicyclic) bond motifs is 1. The summed E-state index contributed by atoms with van der Waals surface area (Å²) in [4.78, 5) is 29.9. The molecular formula is C76H73Al2GaN13O3S2. The first-order valence-electron chi connectivity index (χ1n) is 32.5. The van der Waals surface area contributed by atoms with E-state index in [1.54, 1.807) is 15.9 Å². The third-order valence-corrected chi connectivity index (χ3v) is 22.1. The molecule has 0 unspecified atom stereocenters. The van der Waals surface area contributed by atoms with Crippen molar-refractivity contribution in [2.75, 3.05) is 9.54 Å². The number of benzene rings is 8. The van der Waals surface area contributed by atoms with Crippen LogP contribution in [0.15, 0.2) is 270 Å². The van der Waals surface area contributed by atoms with Crippen molar-refractivity contribution in [2.45, 2.75) is 82.7 Å². The Morgan fingerprint density at radius 1 is 0.557 bits per heavy atom. The summed E-state index contributed by atoms with van der Waals surface area (Å²) in [5, 5.41) is 7.69. The van der Waals surface area contributed by atoms with Crippen LogP contribution in [0.3, 0.4) is 0 Å². The van der Waals surface area contributed by atoms with E-state index in [2.05, 4.69) is 131 Å². The summed E-state index contributed by atoms with van der Waals surface area (Å²) in [6.07, 6.45) is 14.9. The molecule has 8 aromatic carbocycles. The summed E-state index contributed by atoms with van der Waals surface area (Å²) < 4.78 is 43.3. The van der Waals surface area contributed by atoms with Crippen LogP contribution in [0.2, 0.25) is 0 Å². The van der Waals surface area contributed by atoms with Gasteiger partial charge in [-0.05, 0) is 41.7 Å². The molecular weight excluding hydrogens is 1330 g/mol. The number of aromatic nitrogens is 10. The molecule has 0 saturated heterocycles. The van der Waals surface area contributed by atoms with Gasteiger partial charge in [-0.2, -0.15) is 0 Å². The average molecular weight is 1400 g/mol. The van der Waals surface area contributed by atoms with Gasteiger partial charge in [0, 0.05) is 28.4 Å². The molecule has 0 fully saturated rings. The van der Waals surface area contributed by atoms with Gasteiger partial charge in [0.15, 0.2) is 17.2 Å². The first-order chi connectivity index (χ1) is 47.5. The van der Waals surface area contributed by atoms with Crippen molar-refractivity contribution in [1.82, 2.24) is 48.0 Å². The van der Waals surface area contributed by atoms with Gasteiger partial charge in [0.25, 0.3) is 0 Å². The fourth-order valence-corrected chi connectivity index (χ4v) is 14.9. The average Bonchev–Trinajstić information content (AvgIpc) is 1.57. The van der Waals surface area contributed by atoms with Gasteiger partial charge < -0.3 is 11.6 Å². The second-order valence-electron chi connectivity index (χ2n) is 23.2. The van der Waals surface area contributed by atoms with Crippen LogP contribution in [0.1, 0.15) is 82.1 Å². The Morgan fingerprint density at radius 2 is 1.07 bits per heavy atom. The first kappa shape index (κ1) is 68.0. The Labute approximate surface area is 597 Å². The van der Waals surface area contributed by atoms with Crippen LogP contribution < -0.4 is 7.08 Å². The molecule has 0 aliphatic carbocycles. The van der Waals surface area contributed by atoms with E-state index in [0.29, 0.717) is 23.6 Å². The molecule has 0 atom stereocenters. The minimum absolute atomic E-state index is 0.464. The van der Waals surface area contributed by atoms with E-state index in [-0.39, 0.29) is 0 Å². The first-order valence-corrected chi connectivity index (χ1v) is 40.2. The Balaban J connectivity index is 0.000000143. The maximum absolute atomic E-state index is 13.1. The normalized spacial score (nSPS) is 12.5. The summed E-state index contributed by atoms with van der Waals surface area (Å²) in [7, 11) is -1.84. The summed E-state index contributed by atoms with van der Waals surface area (Å²) in [6.45, 7) is 6.53. The zero-order valence-electron chi connectivity index (χ0n) is 54.9. The molecule has 481 valence electrons. The van der Waals surface area contributed by atoms with Crippen LogP contribution in [0.5, 0.6) is 5.88 Å². The van der Waals surface area contributed by atoms with Crippen molar-refractivity contribution in [3.8, 4) is 63.1 Å². The third kappa shape index (κ3) is 14.5. The van der Waals surface area contributed by atoms with Gasteiger partial charge in [-0.1, -0.05) is 197 Å². The van der Waals surface area contributed by atoms with E-state index >= 15 is 0 Å². The molecule has 0 amide bonds. The molecule has 1 aliphatic heterocycles. The van der Waals surface area contributed by atoms with Gasteiger partial charge >= 0.3 is 205 Å². The predicted octanol–water partition coefficient (Wildman–Crippen LogP) is 14.9. The standard InChI is InChI=1S/C33H29N4O2S.C23H24N4O.C20H19N5S.2Al.Ga.3H/c1-3-15-29-33(25-18-9-5-10-19-25,26-20-11-6-12-21-26)35-32(34-29)37-30(24-16-7-4-8-17-24)27-22-13-14-23-28(27)31(37)36-40(2,38)39;1-2-3-6-15-20-25-21(17-26(20)19-13-9-5-10-14-19)27-22(28)16-24-23(27)18-11-7-4-8-12-18;1-2-9-17-22-20(23-25(17)16-12-7-4-8-13-16)24-18(26)14-21-19(24)15-10-5-3-6-11-15;;;;;;/h4-14,16-23H,3,15H2,1-2H3;4-5,7-14,16-17,28H,2-3,6,15H2,1H3;3-8,10-14,26H,2,9H2,1H3;;;;;;/q-1;;;3*+1;;;/p-2. The molecule has 21 heteroatoms. The topological polar surface area (TPSA) is 160 Å². The van der Waals surface area contributed by atoms with E-state index in [9.17, 15) is 8.42 Å². The summed E-state index contributed by atoms with van der Waals surface area (Å²) >= 11 is 3.86. The molecule has 5 aromatic heterocycles. The minimum atomic E-state index is -3.60. The van der Waals surface area contributed by atoms with Crippen LogP contribution in [0.4, 0.5) is 5.82 Å². The molecule has 0 saturated carbocycles. The van der Waals surface area contributed by atoms with E-state index in [1.807, 2.05) is 172 Å². The van der Waals surface area contributed by atoms with Crippen molar-refractivity contribution < 1.29 is 12.2 Å². The Kier molecular flexibility index (Phi) is 22.1. The predicted molar refractivity (Wildman–Crippen MR) is 399 cm³/mol. The molecule has 16 nitrogen and oxygen atoms in total. The number of aryl methyl sites for hydroxylation is 2. The van der Waals surface area contributed by atoms with Crippen molar-refractivity contribution in [3.63, 3.8) is 0 Å². The van der Waals surface area contributed by atoms with Crippen molar-refractivity contribution in [1.29, 1.82) is 0 Å². The van der Waals surface area contributed by atoms with Crippen LogP contribution in [-0.4, -0.2) is 125 Å². The van der Waals surface area contributed by atoms with Crippen molar-refractivity contribution in [3.05, 3.63) is 278 Å². The SMILES string of the molecule is CCCC1=NC(n2c(-c3ccccc3)c3ccccc3c2[N]([AlH])S(C)(=O)=O)=NC1(c1ccccc1)c1ccccc1.CCCCCc1nc(-n2c([O][AlH])cnc2-c2ccccc2)cn1-c1ccccc1.CCCc1nc(-n2c([S][GaH])cnc2-c2ccccc2)nn1-c1ccccc1. The second-order valence-corrected chi connectivity index (χ2v) is 29.0. The fourth-order valence-electron chi connectivity index (χ4n) is 12.2. The van der Waals surface area contributed by atoms with Crippen molar-refractivity contribution in [2.24, 2.45) is 9.98 Å². The number of nitrogens with zero attached hydrogens (tertiary/aromatic N) is 13. The maximum atomic E-state index is 13.1. The van der Waals surface area contributed by atoms with Gasteiger partial charge in [0.1, 0.15) is 17.5 Å². The monoisotopic (exact) mass is 1400 g/mol. The second kappa shape index (κ2) is 31.5. The molecule has 1 aliphatic rings. The van der Waals surface area contributed by atoms with Crippen LogP contribution in [0, 0.1) is 0 Å². The number of rotatable bonds is 21. The van der Waals surface area contributed by atoms with Gasteiger partial charge in [-0.3, -0.25) is 4.57 Å². The molecule has 0 N–H and O–H groups in total. The number of hydrogen-bond acceptors (Lipinski definition) is 11. The summed E-state index contributed by atoms with van der Waals surface area (Å²) in [5.41, 5.74) is 8.16. The number of hydrogen-bond donors (Lipinski definition) is 0. The zero-order valence-corrected chi connectivity index (χ0v) is 62.3. The summed E-state index contributed by atoms with van der Waals surface area (Å²) in [6, 6.07) is 79.4. The summed E-state index contributed by atoms with van der Waals surface area (Å²) in [5.74, 6) is 6.88. The molecule has 97 heavy (non-hydrogen) atoms. The Morgan fingerprint density at radius 3 is 1.62 bits per heavy atom. The van der Waals surface area contributed by atoms with E-state index < -0.39 is 15.6 Å². The van der Waals surface area contributed by atoms with Crippen LogP contribution in [0.25, 0.3) is 67.9 Å². The Bertz CT molecular complexity index is 4900. The zero-order chi connectivity index (χ0) is 67.3. The molecule has 14 rings (SSSR count). The molecule has 3 radical (unpaired) electrons. The molecule has 0 spiro atoms. The molecule has 0 bridgehead atoms. The van der Waals surface area contributed by atoms with E-state index in [1.165, 1.54) is 55.5 Å². The fraction of sp³-hybridized carbons (Fsp3) is 0.171. The number of para-hydroxylation sites is 2. The number of imidazole rings is 3. The van der Waals surface area contributed by atoms with Gasteiger partial charge in [0.05, 0.1) is 30.1 Å². The van der Waals surface area contributed by atoms with Crippen LogP contribution >= 0.6 is 9.70 Å². The van der Waals surface area contributed by atoms with Crippen molar-refractivity contribution >= 4 is 98.5 Å². The number of unbranched alkanes of at least 4 members (excludes halogenated alkanes) is 2. The van der Waals surface area contributed by atoms with Gasteiger partial charge in [-0.25, -0.2) is 32.9 Å². The molecule has 13 aromatic rings. The number of sulfonamides is 1. The van der Waals surface area contributed by atoms with Crippen LogP contribution in [-0.2, 0) is 28.4 Å². The van der Waals surface area contributed by atoms with E-state index in [0.717, 1.165) is 151 Å². The van der Waals surface area contributed by atoms with E-state index in [4.69, 9.17) is 28.8 Å². The Hall–Kier alpha value is -8.99. The number of anilines is 1. The number of aliphatic imine (C=N–C) groups is 2. The van der Waals surface area contributed by atoms with Gasteiger partial charge in [0.2, 0.25) is 16.0 Å². The quantitative estimate of drug-likeness (QED) is 0.0504. The third-order valence-electron chi connectivity index (χ3n) is 16.7. The molecule has 6 heterocycles.